The Balaban J connectivity index is 0.000000143. The van der Waals surface area contributed by atoms with Gasteiger partial charge >= 0.3 is 24.1 Å². The number of urea groups is 3. The number of aromatic nitrogens is 12. The number of ether oxygens (including phenoxy) is 2. The van der Waals surface area contributed by atoms with E-state index in [0.717, 1.165) is 163 Å². The molecule has 34 heteroatoms. The van der Waals surface area contributed by atoms with Gasteiger partial charge < -0.3 is 45.9 Å². The van der Waals surface area contributed by atoms with Crippen molar-refractivity contribution in [3.05, 3.63) is 163 Å². The average molecular weight is 1630 g/mol. The Bertz CT molecular complexity index is 5510. The number of carboxylic acids is 1. The van der Waals surface area contributed by atoms with Gasteiger partial charge in [0.15, 0.2) is 32.9 Å². The molecule has 1 spiro atoms. The monoisotopic (exact) mass is 1630 g/mol. The van der Waals surface area contributed by atoms with Crippen LogP contribution in [0.4, 0.5) is 29.8 Å². The second-order valence-electron chi connectivity index (χ2n) is 29.3. The first kappa shape index (κ1) is 81.5. The summed E-state index contributed by atoms with van der Waals surface area (Å²) in [6, 6.07) is 23.1. The minimum absolute atomic E-state index is 0.203. The van der Waals surface area contributed by atoms with Crippen LogP contribution in [0, 0.1) is 5.41 Å². The molecule has 4 fully saturated rings. The van der Waals surface area contributed by atoms with Gasteiger partial charge in [-0.25, -0.2) is 59.2 Å². The second-order valence-corrected chi connectivity index (χ2v) is 32.3. The van der Waals surface area contributed by atoms with Crippen LogP contribution in [0.2, 0.25) is 0 Å². The van der Waals surface area contributed by atoms with Gasteiger partial charge in [-0.3, -0.25) is 50.4 Å². The van der Waals surface area contributed by atoms with Crippen molar-refractivity contribution in [3.8, 4) is 67.2 Å². The number of anilines is 3. The van der Waals surface area contributed by atoms with Gasteiger partial charge in [-0.1, -0.05) is 34.0 Å². The highest BCUT2D eigenvalue weighted by atomic mass is 32.1. The molecule has 6 atom stereocenters. The number of rotatable bonds is 22. The molecule has 31 nitrogen and oxygen atoms in total. The fourth-order valence-corrected chi connectivity index (χ4v) is 17.2. The van der Waals surface area contributed by atoms with Gasteiger partial charge in [0.25, 0.3) is 0 Å². The van der Waals surface area contributed by atoms with Crippen molar-refractivity contribution >= 4 is 104 Å². The maximum Gasteiger partial charge on any atom is 0.321 e. The van der Waals surface area contributed by atoms with Crippen molar-refractivity contribution in [3.63, 3.8) is 0 Å². The van der Waals surface area contributed by atoms with Gasteiger partial charge in [0, 0.05) is 160 Å². The number of carbonyl (C=O) groups excluding carboxylic acids is 3. The number of nitrogens with one attached hydrogen (secondary N) is 6. The van der Waals surface area contributed by atoms with Crippen molar-refractivity contribution < 1.29 is 49.1 Å². The molecule has 6 amide bonds. The number of hydrogen-bond donors (Lipinski definition) is 10. The number of benzene rings is 3. The Morgan fingerprint density at radius 3 is 1.22 bits per heavy atom. The number of aliphatic carboxylic acids is 1. The molecule has 4 aliphatic rings. The summed E-state index contributed by atoms with van der Waals surface area (Å²) in [6.45, 7) is 24.7. The van der Waals surface area contributed by atoms with Crippen molar-refractivity contribution in [2.45, 2.75) is 124 Å². The molecule has 10 N–H and O–H groups in total. The fraction of sp³-hybridized carbons (Fsp3) is 0.366. The van der Waals surface area contributed by atoms with E-state index in [1.54, 1.807) is 64.1 Å². The molecular weight excluding hydrogens is 1540 g/mol. The predicted octanol–water partition coefficient (Wildman–Crippen LogP) is 12.5. The predicted molar refractivity (Wildman–Crippen MR) is 447 cm³/mol. The Hall–Kier alpha value is -11.0. The normalized spacial score (nSPS) is 17.4. The third-order valence-corrected chi connectivity index (χ3v) is 23.1. The van der Waals surface area contributed by atoms with Crippen LogP contribution in [0.25, 0.3) is 97.8 Å². The first-order valence-corrected chi connectivity index (χ1v) is 41.0. The number of carboxylic acid groups (broad SMARTS) is 1. The number of pyridine rings is 3. The number of amides is 6. The summed E-state index contributed by atoms with van der Waals surface area (Å²) in [5.41, 5.74) is 15.8. The molecule has 3 aromatic carbocycles. The van der Waals surface area contributed by atoms with Crippen LogP contribution in [-0.2, 0) is 33.9 Å². The van der Waals surface area contributed by atoms with Gasteiger partial charge in [0.1, 0.15) is 24.4 Å². The summed E-state index contributed by atoms with van der Waals surface area (Å²) in [5, 5.41) is 57.1. The second kappa shape index (κ2) is 36.4. The standard InChI is InChI=1S/C28H33N7O3S.C27H29N7O4S.C27H29N7O3S/c1-5-29-27(37)34-28-33-24-10-20(21-11-31-26(18(4)36)32-12-21)9-22(25(24)39-28)23-8-19(6-7-30-23)14-35-13-17(3)38-15-16(35)2;1-3-28-26(38)33-27-32-21-11-17(18-12-30-24(15(2)35)31-13-18)10-19(23(21)39-27)20-9-16(6-7-29-20)14-34-8-4-5-22(34)25(36)37;1-3-28-25(36)33-26-32-22-8-18(19-9-30-24(16(2)35)31-10-19)7-20(23(22)38-26)21-6-17(4-5-29-21)11-34-12-27(13-34)14-37-15-27/h6-12,16-18,36H,5,13-15H2,1-4H3,(H2,29,33,34,37);6-7,9-13,15,22,35H,3-5,8,14H2,1-2H3,(H,36,37)(H2,28,32,33,38);4-10,16,35H,3,11-15H2,1-2H3,(H2,28,32,33,36)/t;15?,22-;/m.0./s1. The molecule has 5 unspecified atom stereocenters. The Labute approximate surface area is 681 Å². The zero-order valence-electron chi connectivity index (χ0n) is 65.4. The van der Waals surface area contributed by atoms with Crippen LogP contribution in [0.15, 0.2) is 129 Å². The summed E-state index contributed by atoms with van der Waals surface area (Å²) in [6.07, 6.45) is 15.0. The molecule has 9 aromatic heterocycles. The lowest BCUT2D eigenvalue weighted by Crippen LogP contribution is -2.65. The average Bonchev–Trinajstić information content (AvgIpc) is 0.983. The highest BCUT2D eigenvalue weighted by Gasteiger charge is 2.48. The largest absolute Gasteiger partial charge is 0.480 e. The molecule has 602 valence electrons. The number of aliphatic hydroxyl groups excluding tert-OH is 3. The van der Waals surface area contributed by atoms with Crippen LogP contribution in [0.3, 0.4) is 0 Å². The van der Waals surface area contributed by atoms with E-state index in [4.69, 9.17) is 29.4 Å². The molecule has 4 aliphatic heterocycles. The van der Waals surface area contributed by atoms with E-state index in [1.807, 2.05) is 74.5 Å². The first-order chi connectivity index (χ1) is 56.0. The third-order valence-electron chi connectivity index (χ3n) is 20.1. The molecular formula is C82H91N21O10S3. The lowest BCUT2D eigenvalue weighted by Gasteiger charge is -2.55. The van der Waals surface area contributed by atoms with Gasteiger partial charge in [0.05, 0.1) is 73.7 Å². The maximum absolute atomic E-state index is 12.2. The molecule has 0 saturated carbocycles. The number of fused-ring (bicyclic) bond motifs is 3. The van der Waals surface area contributed by atoms with Crippen LogP contribution >= 0.6 is 34.0 Å². The van der Waals surface area contributed by atoms with E-state index in [9.17, 15) is 39.6 Å². The quantitative estimate of drug-likeness (QED) is 0.0301. The van der Waals surface area contributed by atoms with E-state index in [-0.39, 0.29) is 24.2 Å². The van der Waals surface area contributed by atoms with E-state index in [1.165, 1.54) is 39.6 Å². The van der Waals surface area contributed by atoms with Gasteiger partial charge in [0.2, 0.25) is 0 Å². The van der Waals surface area contributed by atoms with Crippen molar-refractivity contribution in [2.24, 2.45) is 5.41 Å². The smallest absolute Gasteiger partial charge is 0.321 e. The molecule has 116 heavy (non-hydrogen) atoms. The Morgan fingerprint density at radius 1 is 0.509 bits per heavy atom. The molecule has 0 aliphatic carbocycles. The molecule has 0 radical (unpaired) electrons. The zero-order chi connectivity index (χ0) is 81.3. The molecule has 13 heterocycles. The summed E-state index contributed by atoms with van der Waals surface area (Å²) in [5.74, 6) is 0.269. The summed E-state index contributed by atoms with van der Waals surface area (Å²) in [4.78, 5) is 109. The number of likely N-dealkylation sites (tertiary alicyclic amines) is 2. The number of hydrogen-bond acceptors (Lipinski definition) is 27. The van der Waals surface area contributed by atoms with Crippen molar-refractivity contribution in [2.75, 3.05) is 81.6 Å². The molecule has 4 saturated heterocycles. The van der Waals surface area contributed by atoms with Crippen LogP contribution in [0.5, 0.6) is 0 Å². The molecule has 12 aromatic rings. The lowest BCUT2D eigenvalue weighted by atomic mass is 9.78. The lowest BCUT2D eigenvalue weighted by molar-refractivity contribution is -0.191. The first-order valence-electron chi connectivity index (χ1n) is 38.5. The van der Waals surface area contributed by atoms with Crippen LogP contribution < -0.4 is 31.9 Å². The number of aliphatic hydroxyl groups is 3. The summed E-state index contributed by atoms with van der Waals surface area (Å²) < 4.78 is 13.9. The Kier molecular flexibility index (Phi) is 25.6. The van der Waals surface area contributed by atoms with E-state index in [0.29, 0.717) is 88.1 Å². The number of nitrogens with zero attached hydrogens (tertiary/aromatic N) is 15. The fourth-order valence-electron chi connectivity index (χ4n) is 14.3. The maximum atomic E-state index is 12.2. The minimum Gasteiger partial charge on any atom is -0.480 e. The SMILES string of the molecule is CCNC(=O)Nc1nc2cc(-c3cnc(C(C)O)nc3)cc(-c3cc(CN4CC(C)OCC4C)ccn3)c2s1.CCNC(=O)Nc1nc2cc(-c3cnc(C(C)O)nc3)cc(-c3cc(CN4CC5(COC5)C4)ccn3)c2s1.CCNC(=O)Nc1nc2cc(-c3cnc(C(C)O)nc3)cc(-c3cc(CN4CCC[C@H]4C(=O)O)ccn3)c2s1. The van der Waals surface area contributed by atoms with E-state index >= 15 is 0 Å². The van der Waals surface area contributed by atoms with Crippen LogP contribution in [0.1, 0.15) is 121 Å². The minimum atomic E-state index is -0.795. The van der Waals surface area contributed by atoms with Gasteiger partial charge in [-0.05, 0) is 181 Å². The van der Waals surface area contributed by atoms with Crippen molar-refractivity contribution in [1.82, 2.24) is 90.5 Å². The third kappa shape index (κ3) is 19.4. The number of morpholine rings is 1. The number of thiazole rings is 3. The summed E-state index contributed by atoms with van der Waals surface area (Å²) in [7, 11) is 0. The highest BCUT2D eigenvalue weighted by molar-refractivity contribution is 7.23. The summed E-state index contributed by atoms with van der Waals surface area (Å²) >= 11 is 4.18. The van der Waals surface area contributed by atoms with Gasteiger partial charge in [-0.15, -0.1) is 0 Å². The van der Waals surface area contributed by atoms with Crippen molar-refractivity contribution in [1.29, 1.82) is 0 Å². The zero-order valence-corrected chi connectivity index (χ0v) is 67.8. The molecule has 0 bridgehead atoms. The van der Waals surface area contributed by atoms with Crippen LogP contribution in [-0.4, -0.2) is 203 Å². The van der Waals surface area contributed by atoms with E-state index < -0.39 is 30.3 Å². The highest BCUT2D eigenvalue weighted by Crippen LogP contribution is 2.44. The van der Waals surface area contributed by atoms with Gasteiger partial charge in [-0.2, -0.15) is 0 Å². The number of carbonyl (C=O) groups is 4. The Morgan fingerprint density at radius 2 is 0.879 bits per heavy atom. The van der Waals surface area contributed by atoms with E-state index in [2.05, 4.69) is 132 Å². The topological polar surface area (TPSA) is 404 Å². The molecule has 16 rings (SSSR count).